The molecule has 1 fully saturated rings. The van der Waals surface area contributed by atoms with Gasteiger partial charge in [-0.15, -0.1) is 0 Å². The topological polar surface area (TPSA) is 122 Å². The third-order valence-electron chi connectivity index (χ3n) is 5.26. The van der Waals surface area contributed by atoms with Crippen LogP contribution in [0.5, 0.6) is 11.6 Å². The number of nitrogens with one attached hydrogen (secondary N) is 3. The fraction of sp³-hybridized carbons (Fsp3) is 0.227. The van der Waals surface area contributed by atoms with E-state index in [0.29, 0.717) is 28.6 Å². The van der Waals surface area contributed by atoms with Gasteiger partial charge in [-0.1, -0.05) is 18.2 Å². The Morgan fingerprint density at radius 1 is 1.23 bits per heavy atom. The SMILES string of the molecule is COc1cccc(NC(=O)NCc2cccc3c(O)n(C4CCC(=O)NC4=O)cc23)c1. The van der Waals surface area contributed by atoms with Gasteiger partial charge >= 0.3 is 6.03 Å². The molecule has 1 aliphatic rings. The number of urea groups is 1. The molecular weight excluding hydrogens is 400 g/mol. The normalized spacial score (nSPS) is 16.1. The van der Waals surface area contributed by atoms with Crippen molar-refractivity contribution in [2.45, 2.75) is 25.4 Å². The van der Waals surface area contributed by atoms with Gasteiger partial charge in [0.25, 0.3) is 0 Å². The van der Waals surface area contributed by atoms with Crippen LogP contribution < -0.4 is 20.7 Å². The fourth-order valence-electron chi connectivity index (χ4n) is 3.69. The number of aromatic hydroxyl groups is 1. The van der Waals surface area contributed by atoms with E-state index in [0.717, 1.165) is 5.56 Å². The molecule has 1 aromatic heterocycles. The number of piperidine rings is 1. The molecule has 160 valence electrons. The summed E-state index contributed by atoms with van der Waals surface area (Å²) in [6, 6.07) is 11.3. The molecule has 1 unspecified atom stereocenters. The van der Waals surface area contributed by atoms with Crippen LogP contribution in [0.2, 0.25) is 0 Å². The second-order valence-corrected chi connectivity index (χ2v) is 7.24. The molecule has 4 amide bonds. The third kappa shape index (κ3) is 4.16. The van der Waals surface area contributed by atoms with Crippen molar-refractivity contribution in [3.63, 3.8) is 0 Å². The van der Waals surface area contributed by atoms with Crippen molar-refractivity contribution in [3.05, 3.63) is 54.2 Å². The molecule has 0 radical (unpaired) electrons. The van der Waals surface area contributed by atoms with Crippen LogP contribution in [0.1, 0.15) is 24.4 Å². The zero-order valence-corrected chi connectivity index (χ0v) is 16.8. The Balaban J connectivity index is 1.51. The summed E-state index contributed by atoms with van der Waals surface area (Å²) in [7, 11) is 1.55. The predicted octanol–water partition coefficient (Wildman–Crippen LogP) is 2.65. The molecule has 2 heterocycles. The minimum Gasteiger partial charge on any atom is -0.497 e. The molecule has 9 nitrogen and oxygen atoms in total. The number of imide groups is 1. The predicted molar refractivity (Wildman–Crippen MR) is 114 cm³/mol. The van der Waals surface area contributed by atoms with E-state index in [2.05, 4.69) is 16.0 Å². The Kier molecular flexibility index (Phi) is 5.48. The lowest BCUT2D eigenvalue weighted by Gasteiger charge is -2.22. The number of hydrogen-bond acceptors (Lipinski definition) is 5. The summed E-state index contributed by atoms with van der Waals surface area (Å²) < 4.78 is 6.62. The number of aromatic nitrogens is 1. The van der Waals surface area contributed by atoms with E-state index in [-0.39, 0.29) is 30.8 Å². The van der Waals surface area contributed by atoms with Gasteiger partial charge in [-0.3, -0.25) is 14.9 Å². The minimum atomic E-state index is -0.665. The molecule has 9 heteroatoms. The fourth-order valence-corrected chi connectivity index (χ4v) is 3.69. The van der Waals surface area contributed by atoms with Crippen molar-refractivity contribution in [2.75, 3.05) is 12.4 Å². The van der Waals surface area contributed by atoms with Crippen molar-refractivity contribution in [3.8, 4) is 11.6 Å². The Hall–Kier alpha value is -4.01. The molecule has 4 N–H and O–H groups in total. The summed E-state index contributed by atoms with van der Waals surface area (Å²) in [5.41, 5.74) is 1.37. The van der Waals surface area contributed by atoms with Gasteiger partial charge in [0, 0.05) is 41.7 Å². The first-order valence-corrected chi connectivity index (χ1v) is 9.80. The van der Waals surface area contributed by atoms with Crippen LogP contribution in [-0.4, -0.2) is 34.6 Å². The number of anilines is 1. The largest absolute Gasteiger partial charge is 0.497 e. The van der Waals surface area contributed by atoms with E-state index >= 15 is 0 Å². The van der Waals surface area contributed by atoms with Crippen LogP contribution in [0.4, 0.5) is 10.5 Å². The highest BCUT2D eigenvalue weighted by Crippen LogP contribution is 2.34. The van der Waals surface area contributed by atoms with Gasteiger partial charge in [0.1, 0.15) is 11.8 Å². The second-order valence-electron chi connectivity index (χ2n) is 7.24. The molecule has 0 spiro atoms. The zero-order chi connectivity index (χ0) is 22.0. The second kappa shape index (κ2) is 8.39. The lowest BCUT2D eigenvalue weighted by Crippen LogP contribution is -2.41. The molecular formula is C22H22N4O5. The molecule has 4 rings (SSSR count). The lowest BCUT2D eigenvalue weighted by atomic mass is 10.1. The number of methoxy groups -OCH3 is 1. The maximum atomic E-state index is 12.3. The summed E-state index contributed by atoms with van der Waals surface area (Å²) in [5, 5.41) is 19.8. The number of hydrogen-bond donors (Lipinski definition) is 4. The molecule has 31 heavy (non-hydrogen) atoms. The first-order chi connectivity index (χ1) is 15.0. The van der Waals surface area contributed by atoms with Crippen molar-refractivity contribution in [1.82, 2.24) is 15.2 Å². The van der Waals surface area contributed by atoms with Crippen molar-refractivity contribution in [1.29, 1.82) is 0 Å². The molecule has 0 bridgehead atoms. The minimum absolute atomic E-state index is 0.0489. The van der Waals surface area contributed by atoms with Crippen molar-refractivity contribution >= 4 is 34.3 Å². The Bertz CT molecular complexity index is 1170. The van der Waals surface area contributed by atoms with Crippen LogP contribution in [0.15, 0.2) is 48.7 Å². The molecule has 1 atom stereocenters. The smallest absolute Gasteiger partial charge is 0.319 e. The maximum absolute atomic E-state index is 12.3. The summed E-state index contributed by atoms with van der Waals surface area (Å²) >= 11 is 0. The molecule has 3 aromatic rings. The Morgan fingerprint density at radius 3 is 2.81 bits per heavy atom. The number of nitrogens with zero attached hydrogens (tertiary/aromatic N) is 1. The summed E-state index contributed by atoms with van der Waals surface area (Å²) in [4.78, 5) is 35.9. The number of benzene rings is 2. The average Bonchev–Trinajstić information content (AvgIpc) is 3.09. The van der Waals surface area contributed by atoms with Crippen LogP contribution in [0.3, 0.4) is 0 Å². The molecule has 2 aromatic carbocycles. The Labute approximate surface area is 178 Å². The molecule has 1 aliphatic heterocycles. The number of amides is 4. The highest BCUT2D eigenvalue weighted by Gasteiger charge is 2.30. The van der Waals surface area contributed by atoms with Gasteiger partial charge in [0.05, 0.1) is 7.11 Å². The van der Waals surface area contributed by atoms with Gasteiger partial charge < -0.3 is 25.0 Å². The van der Waals surface area contributed by atoms with E-state index in [4.69, 9.17) is 4.74 Å². The van der Waals surface area contributed by atoms with Crippen molar-refractivity contribution < 1.29 is 24.2 Å². The molecule has 1 saturated heterocycles. The van der Waals surface area contributed by atoms with Crippen LogP contribution in [0, 0.1) is 0 Å². The van der Waals surface area contributed by atoms with Crippen molar-refractivity contribution in [2.24, 2.45) is 0 Å². The van der Waals surface area contributed by atoms with Gasteiger partial charge in [-0.25, -0.2) is 4.79 Å². The first kappa shape index (κ1) is 20.3. The van der Waals surface area contributed by atoms with Gasteiger partial charge in [-0.2, -0.15) is 0 Å². The van der Waals surface area contributed by atoms with Crippen LogP contribution in [-0.2, 0) is 16.1 Å². The number of carbonyl (C=O) groups excluding carboxylic acids is 3. The average molecular weight is 422 g/mol. The third-order valence-corrected chi connectivity index (χ3v) is 5.26. The number of carbonyl (C=O) groups is 3. The number of rotatable bonds is 5. The molecule has 0 saturated carbocycles. The monoisotopic (exact) mass is 422 g/mol. The quantitative estimate of drug-likeness (QED) is 0.471. The highest BCUT2D eigenvalue weighted by atomic mass is 16.5. The van der Waals surface area contributed by atoms with E-state index in [1.54, 1.807) is 49.7 Å². The number of ether oxygens (including phenoxy) is 1. The first-order valence-electron chi connectivity index (χ1n) is 9.80. The summed E-state index contributed by atoms with van der Waals surface area (Å²) in [6.45, 7) is 0.214. The van der Waals surface area contributed by atoms with Crippen LogP contribution >= 0.6 is 0 Å². The number of fused-ring (bicyclic) bond motifs is 1. The summed E-state index contributed by atoms with van der Waals surface area (Å²) in [5.74, 6) is -0.173. The van der Waals surface area contributed by atoms with Crippen LogP contribution in [0.25, 0.3) is 10.8 Å². The maximum Gasteiger partial charge on any atom is 0.319 e. The zero-order valence-electron chi connectivity index (χ0n) is 16.8. The van der Waals surface area contributed by atoms with E-state index in [1.807, 2.05) is 6.07 Å². The highest BCUT2D eigenvalue weighted by molar-refractivity contribution is 6.00. The van der Waals surface area contributed by atoms with Gasteiger partial charge in [0.2, 0.25) is 11.8 Å². The van der Waals surface area contributed by atoms with E-state index < -0.39 is 11.9 Å². The van der Waals surface area contributed by atoms with Gasteiger partial charge in [0.15, 0.2) is 5.88 Å². The Morgan fingerprint density at radius 2 is 2.03 bits per heavy atom. The van der Waals surface area contributed by atoms with E-state index in [9.17, 15) is 19.5 Å². The standard InChI is InChI=1S/C22H22N4O5/c1-31-15-6-3-5-14(10-15)24-22(30)23-11-13-4-2-7-16-17(13)12-26(21(16)29)18-8-9-19(27)25-20(18)28/h2-7,10,12,18,29H,8-9,11H2,1H3,(H2,23,24,30)(H,25,27,28). The van der Waals surface area contributed by atoms with E-state index in [1.165, 1.54) is 4.57 Å². The summed E-state index contributed by atoms with van der Waals surface area (Å²) in [6.07, 6.45) is 2.21. The lowest BCUT2D eigenvalue weighted by molar-refractivity contribution is -0.135. The molecule has 0 aliphatic carbocycles. The van der Waals surface area contributed by atoms with Gasteiger partial charge in [-0.05, 0) is 30.2 Å².